The Morgan fingerprint density at radius 1 is 1.24 bits per heavy atom. The summed E-state index contributed by atoms with van der Waals surface area (Å²) in [4.78, 5) is 11.4. The van der Waals surface area contributed by atoms with Crippen LogP contribution in [0.5, 0.6) is 0 Å². The summed E-state index contributed by atoms with van der Waals surface area (Å²) in [6.07, 6.45) is 2.92. The Balaban J connectivity index is 1.72. The van der Waals surface area contributed by atoms with Gasteiger partial charge in [0.25, 0.3) is 0 Å². The average molecular weight is 298 g/mol. The van der Waals surface area contributed by atoms with Crippen LogP contribution >= 0.6 is 0 Å². The predicted molar refractivity (Wildman–Crippen MR) is 75.6 cm³/mol. The fraction of sp³-hybridized carbons (Fsp3) is 0.938. The third-order valence-electron chi connectivity index (χ3n) is 5.62. The van der Waals surface area contributed by atoms with Crippen LogP contribution in [0.15, 0.2) is 0 Å². The minimum atomic E-state index is -0.674. The number of hydrogen-bond donors (Lipinski definition) is 1. The Morgan fingerprint density at radius 3 is 2.52 bits per heavy atom. The topological polar surface area (TPSA) is 65.0 Å². The molecule has 0 spiro atoms. The number of carbonyl (C=O) groups is 1. The number of aliphatic hydroxyl groups excluding tert-OH is 1. The highest BCUT2D eigenvalue weighted by molar-refractivity contribution is 5.69. The molecule has 1 N–H and O–H groups in total. The van der Waals surface area contributed by atoms with E-state index in [4.69, 9.17) is 9.47 Å². The molecule has 3 fully saturated rings. The number of ether oxygens (including phenoxy) is 3. The fourth-order valence-electron chi connectivity index (χ4n) is 4.72. The van der Waals surface area contributed by atoms with Crippen molar-refractivity contribution in [1.82, 2.24) is 0 Å². The van der Waals surface area contributed by atoms with E-state index in [-0.39, 0.29) is 42.7 Å². The number of carbonyl (C=O) groups excluding carboxylic acids is 1. The van der Waals surface area contributed by atoms with Crippen molar-refractivity contribution < 1.29 is 24.1 Å². The molecule has 21 heavy (non-hydrogen) atoms. The molecule has 5 nitrogen and oxygen atoms in total. The zero-order valence-corrected chi connectivity index (χ0v) is 13.0. The normalized spacial score (nSPS) is 45.6. The van der Waals surface area contributed by atoms with Crippen molar-refractivity contribution in [2.75, 3.05) is 7.11 Å². The van der Waals surface area contributed by atoms with Crippen LogP contribution in [0.2, 0.25) is 0 Å². The number of hydrogen-bond acceptors (Lipinski definition) is 5. The quantitative estimate of drug-likeness (QED) is 0.780. The Morgan fingerprint density at radius 2 is 1.90 bits per heavy atom. The molecule has 0 aliphatic carbocycles. The first-order chi connectivity index (χ1) is 10.1. The van der Waals surface area contributed by atoms with Gasteiger partial charge in [0.05, 0.1) is 44.1 Å². The maximum Gasteiger partial charge on any atom is 0.308 e. The third kappa shape index (κ3) is 2.39. The maximum absolute atomic E-state index is 11.4. The molecule has 0 amide bonds. The number of rotatable bonds is 5. The molecule has 8 unspecified atom stereocenters. The van der Waals surface area contributed by atoms with Crippen LogP contribution in [-0.4, -0.2) is 48.7 Å². The first-order valence-electron chi connectivity index (χ1n) is 8.16. The molecule has 3 rings (SSSR count). The van der Waals surface area contributed by atoms with E-state index in [1.807, 2.05) is 0 Å². The van der Waals surface area contributed by atoms with Crippen molar-refractivity contribution in [3.63, 3.8) is 0 Å². The molecule has 120 valence electrons. The van der Waals surface area contributed by atoms with E-state index < -0.39 is 6.10 Å². The zero-order chi connectivity index (χ0) is 15.1. The van der Waals surface area contributed by atoms with Gasteiger partial charge in [0, 0.05) is 17.8 Å². The van der Waals surface area contributed by atoms with E-state index in [0.717, 1.165) is 19.3 Å². The molecule has 0 aromatic rings. The Hall–Kier alpha value is -0.650. The summed E-state index contributed by atoms with van der Waals surface area (Å²) in [6, 6.07) is 0. The van der Waals surface area contributed by atoms with Crippen LogP contribution in [0.4, 0.5) is 0 Å². The van der Waals surface area contributed by atoms with Crippen molar-refractivity contribution in [3.05, 3.63) is 0 Å². The van der Waals surface area contributed by atoms with Gasteiger partial charge in [-0.3, -0.25) is 4.79 Å². The molecule has 3 aliphatic rings. The molecule has 8 atom stereocenters. The second-order valence-electron chi connectivity index (χ2n) is 6.57. The molecule has 0 aromatic carbocycles. The number of aliphatic hydroxyl groups is 1. The van der Waals surface area contributed by atoms with E-state index in [9.17, 15) is 9.90 Å². The monoisotopic (exact) mass is 298 g/mol. The standard InChI is InChI=1S/C16H26O5/c1-4-10-14-12-6-8(9(17)7-13(18)19-3)16(21-12)15(14)11(5-2)20-10/h8-12,14-17H,4-7H2,1-3H3. The lowest BCUT2D eigenvalue weighted by Gasteiger charge is -2.32. The van der Waals surface area contributed by atoms with Crippen LogP contribution in [0.25, 0.3) is 0 Å². The van der Waals surface area contributed by atoms with Gasteiger partial charge in [0.15, 0.2) is 0 Å². The predicted octanol–water partition coefficient (Wildman–Crippen LogP) is 1.52. The first-order valence-corrected chi connectivity index (χ1v) is 8.16. The van der Waals surface area contributed by atoms with Crippen molar-refractivity contribution in [2.45, 2.75) is 70.1 Å². The zero-order valence-electron chi connectivity index (χ0n) is 13.0. The summed E-state index contributed by atoms with van der Waals surface area (Å²) in [6.45, 7) is 4.31. The Labute approximate surface area is 125 Å². The van der Waals surface area contributed by atoms with Gasteiger partial charge in [-0.05, 0) is 19.3 Å². The van der Waals surface area contributed by atoms with Crippen molar-refractivity contribution in [1.29, 1.82) is 0 Å². The fourth-order valence-corrected chi connectivity index (χ4v) is 4.72. The van der Waals surface area contributed by atoms with Gasteiger partial charge in [-0.1, -0.05) is 13.8 Å². The maximum atomic E-state index is 11.4. The SMILES string of the molecule is CCC1OC(CC)C2C3OC(CC3C(O)CC(=O)OC)C12. The van der Waals surface area contributed by atoms with Gasteiger partial charge >= 0.3 is 5.97 Å². The van der Waals surface area contributed by atoms with Crippen LogP contribution in [0.3, 0.4) is 0 Å². The lowest BCUT2D eigenvalue weighted by molar-refractivity contribution is -0.144. The summed E-state index contributed by atoms with van der Waals surface area (Å²) < 4.78 is 17.0. The van der Waals surface area contributed by atoms with Crippen molar-refractivity contribution in [3.8, 4) is 0 Å². The highest BCUT2D eigenvalue weighted by Crippen LogP contribution is 2.56. The van der Waals surface area contributed by atoms with Gasteiger partial charge < -0.3 is 19.3 Å². The lowest BCUT2D eigenvalue weighted by atomic mass is 9.69. The van der Waals surface area contributed by atoms with Crippen LogP contribution < -0.4 is 0 Å². The highest BCUT2D eigenvalue weighted by atomic mass is 16.5. The second kappa shape index (κ2) is 5.86. The molecular weight excluding hydrogens is 272 g/mol. The molecule has 0 aromatic heterocycles. The molecule has 3 heterocycles. The summed E-state index contributed by atoms with van der Waals surface area (Å²) in [5.74, 6) is 0.508. The Kier molecular flexibility index (Phi) is 4.26. The largest absolute Gasteiger partial charge is 0.469 e. The minimum Gasteiger partial charge on any atom is -0.469 e. The molecule has 5 heteroatoms. The van der Waals surface area contributed by atoms with Crippen molar-refractivity contribution in [2.24, 2.45) is 17.8 Å². The molecule has 0 saturated carbocycles. The van der Waals surface area contributed by atoms with Crippen LogP contribution in [0.1, 0.15) is 39.5 Å². The van der Waals surface area contributed by atoms with Crippen molar-refractivity contribution >= 4 is 5.97 Å². The smallest absolute Gasteiger partial charge is 0.308 e. The average Bonchev–Trinajstić information content (AvgIpc) is 3.16. The lowest BCUT2D eigenvalue weighted by Crippen LogP contribution is -2.42. The van der Waals surface area contributed by atoms with Gasteiger partial charge in [0.1, 0.15) is 0 Å². The van der Waals surface area contributed by atoms with Gasteiger partial charge in [0.2, 0.25) is 0 Å². The Bertz CT molecular complexity index is 398. The van der Waals surface area contributed by atoms with Gasteiger partial charge in [-0.15, -0.1) is 0 Å². The number of fused-ring (bicyclic) bond motifs is 5. The van der Waals surface area contributed by atoms with E-state index in [0.29, 0.717) is 11.8 Å². The van der Waals surface area contributed by atoms with E-state index in [1.165, 1.54) is 7.11 Å². The van der Waals surface area contributed by atoms with Crippen LogP contribution in [0, 0.1) is 17.8 Å². The summed E-state index contributed by atoms with van der Waals surface area (Å²) in [7, 11) is 1.35. The minimum absolute atomic E-state index is 0.0288. The third-order valence-corrected chi connectivity index (χ3v) is 5.62. The molecule has 0 radical (unpaired) electrons. The number of methoxy groups -OCH3 is 1. The van der Waals surface area contributed by atoms with Crippen LogP contribution in [-0.2, 0) is 19.0 Å². The summed E-state index contributed by atoms with van der Waals surface area (Å²) in [5, 5.41) is 10.4. The first kappa shape index (κ1) is 15.3. The highest BCUT2D eigenvalue weighted by Gasteiger charge is 2.63. The molecular formula is C16H26O5. The summed E-state index contributed by atoms with van der Waals surface area (Å²) in [5.41, 5.74) is 0. The second-order valence-corrected chi connectivity index (χ2v) is 6.57. The van der Waals surface area contributed by atoms with Gasteiger partial charge in [-0.25, -0.2) is 0 Å². The van der Waals surface area contributed by atoms with E-state index >= 15 is 0 Å². The van der Waals surface area contributed by atoms with E-state index in [1.54, 1.807) is 0 Å². The molecule has 3 saturated heterocycles. The molecule has 2 bridgehead atoms. The molecule has 3 aliphatic heterocycles. The number of esters is 1. The summed E-state index contributed by atoms with van der Waals surface area (Å²) >= 11 is 0. The van der Waals surface area contributed by atoms with Gasteiger partial charge in [-0.2, -0.15) is 0 Å². The van der Waals surface area contributed by atoms with E-state index in [2.05, 4.69) is 18.6 Å².